The Balaban J connectivity index is 1.75. The molecular weight excluding hydrogens is 568 g/mol. The summed E-state index contributed by atoms with van der Waals surface area (Å²) in [6.07, 6.45) is 6.66. The summed E-state index contributed by atoms with van der Waals surface area (Å²) in [6, 6.07) is -2.35. The molecular formula is C30H54N8O6. The zero-order valence-electron chi connectivity index (χ0n) is 27.2. The number of hydrogen-bond donors (Lipinski definition) is 5. The van der Waals surface area contributed by atoms with Crippen LogP contribution in [0.4, 0.5) is 9.59 Å². The first-order chi connectivity index (χ1) is 21.1. The Hall–Kier alpha value is -3.42. The first-order valence-corrected chi connectivity index (χ1v) is 16.2. The Morgan fingerprint density at radius 1 is 1.02 bits per heavy atom. The highest BCUT2D eigenvalue weighted by Gasteiger charge is 2.41. The summed E-state index contributed by atoms with van der Waals surface area (Å²) in [4.78, 5) is 79.6. The molecule has 0 radical (unpaired) electrons. The number of nitrogens with zero attached hydrogens (tertiary/aromatic N) is 3. The number of hydrogen-bond acceptors (Lipinski definition) is 7. The molecule has 5 N–H and O–H groups in total. The number of fused-ring (bicyclic) bond motifs is 1. The molecule has 250 valence electrons. The van der Waals surface area contributed by atoms with Crippen molar-refractivity contribution in [3.8, 4) is 0 Å². The molecule has 2 fully saturated rings. The molecule has 44 heavy (non-hydrogen) atoms. The maximum absolute atomic E-state index is 13.5. The van der Waals surface area contributed by atoms with Crippen LogP contribution in [0.5, 0.6) is 0 Å². The fourth-order valence-electron chi connectivity index (χ4n) is 5.59. The number of rotatable bonds is 16. The zero-order chi connectivity index (χ0) is 32.6. The van der Waals surface area contributed by atoms with E-state index in [1.165, 1.54) is 4.90 Å². The predicted molar refractivity (Wildman–Crippen MR) is 167 cm³/mol. The second-order valence-corrected chi connectivity index (χ2v) is 11.7. The molecule has 2 saturated heterocycles. The quantitative estimate of drug-likeness (QED) is 0.124. The van der Waals surface area contributed by atoms with Crippen molar-refractivity contribution in [2.75, 3.05) is 46.3 Å². The summed E-state index contributed by atoms with van der Waals surface area (Å²) in [5.41, 5.74) is 0. The minimum absolute atomic E-state index is 0.0625. The van der Waals surface area contributed by atoms with E-state index in [1.54, 1.807) is 25.8 Å². The van der Waals surface area contributed by atoms with Gasteiger partial charge in [0.05, 0.1) is 12.6 Å². The molecule has 14 nitrogen and oxygen atoms in total. The summed E-state index contributed by atoms with van der Waals surface area (Å²) in [5, 5.41) is 14.2. The highest BCUT2D eigenvalue weighted by atomic mass is 16.2. The fraction of sp³-hybridized carbons (Fsp3) is 0.800. The highest BCUT2D eigenvalue weighted by molar-refractivity contribution is 5.91. The number of urea groups is 2. The van der Waals surface area contributed by atoms with Crippen LogP contribution in [0, 0.1) is 0 Å². The Morgan fingerprint density at radius 2 is 1.70 bits per heavy atom. The Morgan fingerprint density at radius 3 is 2.32 bits per heavy atom. The number of likely N-dealkylation sites (N-methyl/N-ethyl adjacent to an activating group) is 2. The van der Waals surface area contributed by atoms with E-state index in [2.05, 4.69) is 26.6 Å². The van der Waals surface area contributed by atoms with Crippen LogP contribution in [0.1, 0.15) is 79.1 Å². The lowest BCUT2D eigenvalue weighted by molar-refractivity contribution is -0.140. The molecule has 0 aromatic heterocycles. The van der Waals surface area contributed by atoms with E-state index >= 15 is 0 Å². The van der Waals surface area contributed by atoms with Crippen molar-refractivity contribution in [3.05, 3.63) is 0 Å². The number of amides is 7. The second kappa shape index (κ2) is 19.1. The highest BCUT2D eigenvalue weighted by Crippen LogP contribution is 2.28. The fourth-order valence-corrected chi connectivity index (χ4v) is 5.59. The lowest BCUT2D eigenvalue weighted by Gasteiger charge is -2.38. The van der Waals surface area contributed by atoms with Crippen molar-refractivity contribution in [3.63, 3.8) is 0 Å². The number of carbonyl (C=O) groups excluding carboxylic acids is 6. The third kappa shape index (κ3) is 11.3. The Kier molecular flexibility index (Phi) is 15.9. The van der Waals surface area contributed by atoms with Crippen molar-refractivity contribution < 1.29 is 28.8 Å². The van der Waals surface area contributed by atoms with E-state index in [0.717, 1.165) is 38.5 Å². The second-order valence-electron chi connectivity index (χ2n) is 11.7. The largest absolute Gasteiger partial charge is 0.345 e. The normalized spacial score (nSPS) is 21.3. The lowest BCUT2D eigenvalue weighted by Crippen LogP contribution is -2.61. The third-order valence-electron chi connectivity index (χ3n) is 8.48. The third-order valence-corrected chi connectivity index (χ3v) is 8.48. The zero-order valence-corrected chi connectivity index (χ0v) is 27.2. The minimum Gasteiger partial charge on any atom is -0.345 e. The minimum atomic E-state index is -0.800. The van der Waals surface area contributed by atoms with Crippen molar-refractivity contribution >= 4 is 36.1 Å². The van der Waals surface area contributed by atoms with Gasteiger partial charge in [0.15, 0.2) is 0 Å². The summed E-state index contributed by atoms with van der Waals surface area (Å²) >= 11 is 0. The molecule has 2 aliphatic heterocycles. The number of aldehydes is 1. The van der Waals surface area contributed by atoms with E-state index in [9.17, 15) is 28.8 Å². The van der Waals surface area contributed by atoms with E-state index < -0.39 is 18.1 Å². The van der Waals surface area contributed by atoms with Gasteiger partial charge in [-0.1, -0.05) is 19.8 Å². The van der Waals surface area contributed by atoms with Gasteiger partial charge in [-0.2, -0.15) is 0 Å². The molecule has 0 aromatic carbocycles. The summed E-state index contributed by atoms with van der Waals surface area (Å²) in [5.74, 6) is -0.649. The number of carbonyl (C=O) groups is 6. The smallest absolute Gasteiger partial charge is 0.317 e. The number of nitrogens with one attached hydrogen (secondary N) is 5. The van der Waals surface area contributed by atoms with Crippen LogP contribution in [0.25, 0.3) is 0 Å². The van der Waals surface area contributed by atoms with Gasteiger partial charge in [0.1, 0.15) is 18.4 Å². The molecule has 3 unspecified atom stereocenters. The topological polar surface area (TPSA) is 172 Å². The lowest BCUT2D eigenvalue weighted by atomic mass is 10.1. The van der Waals surface area contributed by atoms with Gasteiger partial charge in [-0.25, -0.2) is 9.59 Å². The van der Waals surface area contributed by atoms with Gasteiger partial charge in [0.2, 0.25) is 17.7 Å². The van der Waals surface area contributed by atoms with Gasteiger partial charge in [0, 0.05) is 51.2 Å². The average Bonchev–Trinajstić information content (AvgIpc) is 3.38. The van der Waals surface area contributed by atoms with Crippen molar-refractivity contribution in [1.82, 2.24) is 41.3 Å². The van der Waals surface area contributed by atoms with Crippen molar-refractivity contribution in [2.24, 2.45) is 0 Å². The Labute approximate surface area is 261 Å². The number of unbranched alkanes of at least 4 members (excludes halogenated alkanes) is 3. The first kappa shape index (κ1) is 36.8. The van der Waals surface area contributed by atoms with Gasteiger partial charge in [0.25, 0.3) is 0 Å². The monoisotopic (exact) mass is 622 g/mol. The molecule has 2 rings (SSSR count). The first-order valence-electron chi connectivity index (χ1n) is 16.2. The molecule has 0 aliphatic carbocycles. The van der Waals surface area contributed by atoms with E-state index in [0.29, 0.717) is 38.9 Å². The van der Waals surface area contributed by atoms with Gasteiger partial charge < -0.3 is 46.1 Å². The summed E-state index contributed by atoms with van der Waals surface area (Å²) < 4.78 is 0. The summed E-state index contributed by atoms with van der Waals surface area (Å²) in [6.45, 7) is 9.38. The molecule has 7 amide bonds. The van der Waals surface area contributed by atoms with Crippen LogP contribution in [0.3, 0.4) is 0 Å². The molecule has 0 saturated carbocycles. The molecule has 0 aromatic rings. The van der Waals surface area contributed by atoms with Gasteiger partial charge in [-0.05, 0) is 59.9 Å². The summed E-state index contributed by atoms with van der Waals surface area (Å²) in [7, 11) is 1.68. The van der Waals surface area contributed by atoms with Crippen molar-refractivity contribution in [1.29, 1.82) is 0 Å². The molecule has 2 aliphatic rings. The predicted octanol–water partition coefficient (Wildman–Crippen LogP) is 0.560. The van der Waals surface area contributed by atoms with Crippen LogP contribution >= 0.6 is 0 Å². The molecule has 0 bridgehead atoms. The van der Waals surface area contributed by atoms with E-state index in [4.69, 9.17) is 0 Å². The van der Waals surface area contributed by atoms with Gasteiger partial charge in [-0.3, -0.25) is 14.4 Å². The van der Waals surface area contributed by atoms with Crippen LogP contribution < -0.4 is 26.6 Å². The van der Waals surface area contributed by atoms with Crippen LogP contribution in [-0.2, 0) is 19.2 Å². The molecule has 5 atom stereocenters. The van der Waals surface area contributed by atoms with E-state index in [1.807, 2.05) is 18.7 Å². The average molecular weight is 623 g/mol. The van der Waals surface area contributed by atoms with Crippen LogP contribution in [0.2, 0.25) is 0 Å². The Bertz CT molecular complexity index is 981. The maximum Gasteiger partial charge on any atom is 0.317 e. The molecule has 2 heterocycles. The molecule has 14 heteroatoms. The van der Waals surface area contributed by atoms with Gasteiger partial charge in [-0.15, -0.1) is 0 Å². The van der Waals surface area contributed by atoms with Crippen LogP contribution in [0.15, 0.2) is 0 Å². The van der Waals surface area contributed by atoms with Gasteiger partial charge >= 0.3 is 12.1 Å². The maximum atomic E-state index is 13.5. The van der Waals surface area contributed by atoms with Crippen molar-refractivity contribution in [2.45, 2.75) is 109 Å². The van der Waals surface area contributed by atoms with E-state index in [-0.39, 0.29) is 61.4 Å². The molecule has 0 spiro atoms. The SMILES string of the molecule is CCC(=O)N[C@H](C=O)CN(CC)C(=O)NCCCCCCNC(=O)N1CC[C@H]2CCC(C)N2C(=O)C(NC(=O)C(C)NC)C1. The standard InChI is InChI=1S/C30H54N8O6/c1-6-26(40)34-23(20-39)18-36(7-2)29(43)32-15-10-8-9-11-16-33-30(44)37-17-14-24-13-12-21(3)38(24)28(42)25(19-37)35-27(41)22(4)31-5/h20-25,31H,6-19H2,1-5H3,(H,32,43)(H,33,44)(H,34,40)(H,35,41)/t21?,22?,23-,24+,25?/m0/s1. The van der Waals surface area contributed by atoms with Crippen LogP contribution in [-0.4, -0.2) is 127 Å².